The molecule has 0 fully saturated rings. The minimum absolute atomic E-state index is 0.127. The molecule has 0 amide bonds. The van der Waals surface area contributed by atoms with Crippen molar-refractivity contribution in [3.63, 3.8) is 0 Å². The fourth-order valence-corrected chi connectivity index (χ4v) is 5.25. The summed E-state index contributed by atoms with van der Waals surface area (Å²) in [4.78, 5) is 13.3. The van der Waals surface area contributed by atoms with Crippen molar-refractivity contribution >= 4 is 32.7 Å². The highest BCUT2D eigenvalue weighted by Crippen LogP contribution is 2.38. The average Bonchev–Trinajstić information content (AvgIpc) is 2.92. The minimum Gasteiger partial charge on any atom is -0.505 e. The van der Waals surface area contributed by atoms with Gasteiger partial charge in [-0.25, -0.2) is 0 Å². The molecule has 0 aliphatic carbocycles. The molecule has 6 aromatic rings. The van der Waals surface area contributed by atoms with Gasteiger partial charge in [0.2, 0.25) is 0 Å². The average molecular weight is 488 g/mol. The van der Waals surface area contributed by atoms with Gasteiger partial charge in [0.05, 0.1) is 0 Å². The van der Waals surface area contributed by atoms with Crippen molar-refractivity contribution in [2.45, 2.75) is 26.7 Å². The van der Waals surface area contributed by atoms with E-state index in [1.54, 1.807) is 18.6 Å². The van der Waals surface area contributed by atoms with E-state index in [1.807, 2.05) is 68.4 Å². The summed E-state index contributed by atoms with van der Waals surface area (Å²) in [6, 6.07) is 17.3. The molecule has 0 saturated carbocycles. The number of hydrogen-bond acceptors (Lipinski definition) is 6. The molecule has 3 aromatic carbocycles. The lowest BCUT2D eigenvalue weighted by Gasteiger charge is -2.16. The number of pyridine rings is 3. The monoisotopic (exact) mass is 487 g/mol. The molecule has 3 heterocycles. The molecule has 37 heavy (non-hydrogen) atoms. The number of rotatable bonds is 4. The van der Waals surface area contributed by atoms with Crippen LogP contribution >= 0.6 is 0 Å². The summed E-state index contributed by atoms with van der Waals surface area (Å²) < 4.78 is 0. The van der Waals surface area contributed by atoms with E-state index >= 15 is 0 Å². The molecule has 6 rings (SSSR count). The Bertz CT molecular complexity index is 1850. The van der Waals surface area contributed by atoms with Crippen molar-refractivity contribution in [1.82, 2.24) is 15.0 Å². The Balaban J connectivity index is 1.52. The fraction of sp³-hybridized carbons (Fsp3) is 0.129. The van der Waals surface area contributed by atoms with Crippen LogP contribution in [-0.4, -0.2) is 30.3 Å². The second kappa shape index (κ2) is 8.75. The number of aromatic nitrogens is 3. The molecule has 3 aromatic heterocycles. The first kappa shape index (κ1) is 22.7. The van der Waals surface area contributed by atoms with E-state index in [-0.39, 0.29) is 17.2 Å². The maximum atomic E-state index is 11.3. The van der Waals surface area contributed by atoms with Crippen LogP contribution < -0.4 is 0 Å². The Labute approximate surface area is 213 Å². The van der Waals surface area contributed by atoms with Crippen molar-refractivity contribution in [2.75, 3.05) is 0 Å². The third kappa shape index (κ3) is 3.78. The Morgan fingerprint density at radius 3 is 1.54 bits per heavy atom. The number of aryl methyl sites for hydroxylation is 2. The van der Waals surface area contributed by atoms with Gasteiger partial charge < -0.3 is 15.3 Å². The Morgan fingerprint density at radius 1 is 0.514 bits per heavy atom. The second-order valence-corrected chi connectivity index (χ2v) is 9.50. The zero-order valence-electron chi connectivity index (χ0n) is 20.5. The Hall–Kier alpha value is -4.71. The van der Waals surface area contributed by atoms with Crippen molar-refractivity contribution in [3.8, 4) is 17.2 Å². The summed E-state index contributed by atoms with van der Waals surface area (Å²) in [6.07, 6.45) is 5.89. The largest absolute Gasteiger partial charge is 0.505 e. The lowest BCUT2D eigenvalue weighted by atomic mass is 9.91. The SMILES string of the molecule is Cc1cc(Cc2cc(Cc3cc(C)c4cccnc4c3O)c3cccnc3c2O)c2cccnc2c1O. The van der Waals surface area contributed by atoms with E-state index in [2.05, 4.69) is 15.0 Å². The molecular weight excluding hydrogens is 462 g/mol. The van der Waals surface area contributed by atoms with Crippen LogP contribution in [0.5, 0.6) is 17.2 Å². The normalized spacial score (nSPS) is 11.5. The molecule has 6 heteroatoms. The second-order valence-electron chi connectivity index (χ2n) is 9.50. The van der Waals surface area contributed by atoms with Crippen LogP contribution in [0.15, 0.2) is 73.2 Å². The van der Waals surface area contributed by atoms with Gasteiger partial charge in [-0.15, -0.1) is 0 Å². The first-order valence-electron chi connectivity index (χ1n) is 12.1. The highest BCUT2D eigenvalue weighted by atomic mass is 16.3. The number of benzene rings is 3. The topological polar surface area (TPSA) is 99.4 Å². The molecule has 0 atom stereocenters. The minimum atomic E-state index is 0.127. The summed E-state index contributed by atoms with van der Waals surface area (Å²) >= 11 is 0. The first-order chi connectivity index (χ1) is 17.9. The summed E-state index contributed by atoms with van der Waals surface area (Å²) in [5, 5.41) is 35.4. The quantitative estimate of drug-likeness (QED) is 0.272. The number of hydrogen-bond donors (Lipinski definition) is 3. The van der Waals surface area contributed by atoms with Crippen LogP contribution in [0.2, 0.25) is 0 Å². The summed E-state index contributed by atoms with van der Waals surface area (Å²) in [5.74, 6) is 0.460. The predicted molar refractivity (Wildman–Crippen MR) is 145 cm³/mol. The van der Waals surface area contributed by atoms with Crippen molar-refractivity contribution in [1.29, 1.82) is 0 Å². The van der Waals surface area contributed by atoms with Gasteiger partial charge in [0.1, 0.15) is 33.8 Å². The highest BCUT2D eigenvalue weighted by Gasteiger charge is 2.18. The van der Waals surface area contributed by atoms with Gasteiger partial charge in [0.25, 0.3) is 0 Å². The smallest absolute Gasteiger partial charge is 0.145 e. The standard InChI is InChI=1S/C31H25N3O3/c1-17-12-21(30(36)26-23(17)6-3-9-32-26)15-20-16-22(31(37)28-25(20)8-5-11-34-28)14-19-13-18(2)29(35)27-24(19)7-4-10-33-27/h3-13,16,35-37H,14-15H2,1-2H3. The molecule has 0 radical (unpaired) electrons. The number of aromatic hydroxyl groups is 3. The fourth-order valence-electron chi connectivity index (χ4n) is 5.25. The van der Waals surface area contributed by atoms with Crippen LogP contribution in [0.1, 0.15) is 33.4 Å². The molecule has 0 unspecified atom stereocenters. The lowest BCUT2D eigenvalue weighted by Crippen LogP contribution is -1.99. The van der Waals surface area contributed by atoms with E-state index < -0.39 is 0 Å². The van der Waals surface area contributed by atoms with Gasteiger partial charge in [-0.3, -0.25) is 15.0 Å². The number of fused-ring (bicyclic) bond motifs is 3. The van der Waals surface area contributed by atoms with Crippen LogP contribution in [0.25, 0.3) is 32.7 Å². The van der Waals surface area contributed by atoms with Crippen LogP contribution in [-0.2, 0) is 12.8 Å². The first-order valence-corrected chi connectivity index (χ1v) is 12.1. The summed E-state index contributed by atoms with van der Waals surface area (Å²) in [7, 11) is 0. The van der Waals surface area contributed by atoms with Crippen LogP contribution in [0, 0.1) is 13.8 Å². The number of phenols is 3. The van der Waals surface area contributed by atoms with Gasteiger partial charge in [-0.2, -0.15) is 0 Å². The molecule has 6 nitrogen and oxygen atoms in total. The molecule has 3 N–H and O–H groups in total. The molecule has 0 bridgehead atoms. The lowest BCUT2D eigenvalue weighted by molar-refractivity contribution is 0.473. The van der Waals surface area contributed by atoms with Gasteiger partial charge in [0, 0.05) is 58.7 Å². The van der Waals surface area contributed by atoms with E-state index in [0.717, 1.165) is 44.0 Å². The van der Waals surface area contributed by atoms with Gasteiger partial charge >= 0.3 is 0 Å². The van der Waals surface area contributed by atoms with Crippen molar-refractivity contribution in [3.05, 3.63) is 107 Å². The third-order valence-corrected chi connectivity index (χ3v) is 7.09. The number of nitrogens with zero attached hydrogens (tertiary/aromatic N) is 3. The van der Waals surface area contributed by atoms with Crippen LogP contribution in [0.3, 0.4) is 0 Å². The molecule has 0 aliphatic rings. The van der Waals surface area contributed by atoms with E-state index in [4.69, 9.17) is 0 Å². The van der Waals surface area contributed by atoms with Gasteiger partial charge in [0.15, 0.2) is 0 Å². The third-order valence-electron chi connectivity index (χ3n) is 7.09. The molecule has 182 valence electrons. The van der Waals surface area contributed by atoms with Crippen LogP contribution in [0.4, 0.5) is 0 Å². The van der Waals surface area contributed by atoms with Crippen molar-refractivity contribution in [2.24, 2.45) is 0 Å². The van der Waals surface area contributed by atoms with E-state index in [9.17, 15) is 15.3 Å². The Morgan fingerprint density at radius 2 is 0.946 bits per heavy atom. The maximum absolute atomic E-state index is 11.3. The summed E-state index contributed by atoms with van der Waals surface area (Å²) in [5.41, 5.74) is 6.77. The van der Waals surface area contributed by atoms with E-state index in [0.29, 0.717) is 35.0 Å². The van der Waals surface area contributed by atoms with E-state index in [1.165, 1.54) is 0 Å². The Kier molecular flexibility index (Phi) is 5.37. The van der Waals surface area contributed by atoms with Crippen molar-refractivity contribution < 1.29 is 15.3 Å². The molecular formula is C31H25N3O3. The zero-order chi connectivity index (χ0) is 25.7. The van der Waals surface area contributed by atoms with Gasteiger partial charge in [-0.05, 0) is 54.3 Å². The zero-order valence-corrected chi connectivity index (χ0v) is 20.5. The van der Waals surface area contributed by atoms with Gasteiger partial charge in [-0.1, -0.05) is 36.4 Å². The highest BCUT2D eigenvalue weighted by molar-refractivity contribution is 5.92. The molecule has 0 spiro atoms. The maximum Gasteiger partial charge on any atom is 0.145 e. The number of phenolic OH excluding ortho intramolecular Hbond substituents is 3. The molecule has 0 saturated heterocycles. The molecule has 0 aliphatic heterocycles. The predicted octanol–water partition coefficient (Wildman–Crippen LogP) is 6.25. The summed E-state index contributed by atoms with van der Waals surface area (Å²) in [6.45, 7) is 3.86.